The molecule has 0 saturated heterocycles. The molecule has 4 nitrogen and oxygen atoms in total. The number of aryl methyl sites for hydroxylation is 2. The van der Waals surface area contributed by atoms with E-state index in [-0.39, 0.29) is 0 Å². The number of ether oxygens (including phenoxy) is 1. The second-order valence-corrected chi connectivity index (χ2v) is 5.63. The molecule has 108 valence electrons. The van der Waals surface area contributed by atoms with Gasteiger partial charge in [-0.1, -0.05) is 12.1 Å². The van der Waals surface area contributed by atoms with E-state index in [1.807, 2.05) is 37.8 Å². The molecule has 0 aliphatic rings. The number of nitrogens with zero attached hydrogens (tertiary/aromatic N) is 2. The summed E-state index contributed by atoms with van der Waals surface area (Å²) in [4.78, 5) is 0. The summed E-state index contributed by atoms with van der Waals surface area (Å²) < 4.78 is 8.68. The molecule has 0 saturated carbocycles. The quantitative estimate of drug-likeness (QED) is 0.909. The third kappa shape index (κ3) is 3.22. The SMILES string of the molecule is CNC(C)c1ccc(OCc2c(Br)c(C)nn2C)cc1. The summed E-state index contributed by atoms with van der Waals surface area (Å²) in [6, 6.07) is 8.51. The molecule has 1 heterocycles. The van der Waals surface area contributed by atoms with Crippen LogP contribution < -0.4 is 10.1 Å². The third-order valence-corrected chi connectivity index (χ3v) is 4.48. The normalized spacial score (nSPS) is 12.4. The maximum Gasteiger partial charge on any atom is 0.131 e. The molecule has 1 atom stereocenters. The van der Waals surface area contributed by atoms with Crippen molar-refractivity contribution in [2.75, 3.05) is 7.05 Å². The smallest absolute Gasteiger partial charge is 0.131 e. The minimum atomic E-state index is 0.345. The fourth-order valence-electron chi connectivity index (χ4n) is 2.01. The van der Waals surface area contributed by atoms with Crippen LogP contribution in [-0.4, -0.2) is 16.8 Å². The Morgan fingerprint density at radius 2 is 2.00 bits per heavy atom. The molecule has 1 unspecified atom stereocenters. The number of benzene rings is 1. The Kier molecular flexibility index (Phi) is 4.83. The maximum atomic E-state index is 5.82. The first kappa shape index (κ1) is 15.1. The monoisotopic (exact) mass is 337 g/mol. The highest BCUT2D eigenvalue weighted by Gasteiger charge is 2.11. The molecular formula is C15H20BrN3O. The van der Waals surface area contributed by atoms with Crippen LogP contribution in [0.25, 0.3) is 0 Å². The van der Waals surface area contributed by atoms with Crippen molar-refractivity contribution in [1.82, 2.24) is 15.1 Å². The number of hydrogen-bond donors (Lipinski definition) is 1. The van der Waals surface area contributed by atoms with Crippen molar-refractivity contribution in [2.45, 2.75) is 26.5 Å². The van der Waals surface area contributed by atoms with Gasteiger partial charge in [0.2, 0.25) is 0 Å². The molecule has 1 aromatic carbocycles. The summed E-state index contributed by atoms with van der Waals surface area (Å²) in [5.41, 5.74) is 3.26. The Balaban J connectivity index is 2.04. The Morgan fingerprint density at radius 3 is 2.50 bits per heavy atom. The van der Waals surface area contributed by atoms with E-state index in [0.29, 0.717) is 12.6 Å². The summed E-state index contributed by atoms with van der Waals surface area (Å²) in [6.07, 6.45) is 0. The lowest BCUT2D eigenvalue weighted by Gasteiger charge is -2.12. The average molecular weight is 338 g/mol. The van der Waals surface area contributed by atoms with Crippen molar-refractivity contribution >= 4 is 15.9 Å². The summed E-state index contributed by atoms with van der Waals surface area (Å²) in [5.74, 6) is 0.864. The molecular weight excluding hydrogens is 318 g/mol. The Labute approximate surface area is 128 Å². The highest BCUT2D eigenvalue weighted by molar-refractivity contribution is 9.10. The fourth-order valence-corrected chi connectivity index (χ4v) is 2.46. The zero-order chi connectivity index (χ0) is 14.7. The van der Waals surface area contributed by atoms with E-state index < -0.39 is 0 Å². The number of nitrogens with one attached hydrogen (secondary N) is 1. The molecule has 20 heavy (non-hydrogen) atoms. The van der Waals surface area contributed by atoms with Crippen LogP contribution in [0.5, 0.6) is 5.75 Å². The zero-order valence-corrected chi connectivity index (χ0v) is 13.9. The van der Waals surface area contributed by atoms with Crippen molar-refractivity contribution in [2.24, 2.45) is 7.05 Å². The van der Waals surface area contributed by atoms with Crippen LogP contribution in [-0.2, 0) is 13.7 Å². The molecule has 0 aliphatic carbocycles. The van der Waals surface area contributed by atoms with Crippen LogP contribution in [0.15, 0.2) is 28.7 Å². The van der Waals surface area contributed by atoms with Gasteiger partial charge in [0.25, 0.3) is 0 Å². The van der Waals surface area contributed by atoms with Gasteiger partial charge in [-0.05, 0) is 54.5 Å². The molecule has 2 aromatic rings. The Morgan fingerprint density at radius 1 is 1.35 bits per heavy atom. The molecule has 5 heteroatoms. The van der Waals surface area contributed by atoms with E-state index in [4.69, 9.17) is 4.74 Å². The van der Waals surface area contributed by atoms with Gasteiger partial charge in [-0.25, -0.2) is 0 Å². The average Bonchev–Trinajstić information content (AvgIpc) is 2.70. The number of hydrogen-bond acceptors (Lipinski definition) is 3. The van der Waals surface area contributed by atoms with Gasteiger partial charge in [0.1, 0.15) is 12.4 Å². The molecule has 1 N–H and O–H groups in total. The van der Waals surface area contributed by atoms with Gasteiger partial charge in [0, 0.05) is 13.1 Å². The number of rotatable bonds is 5. The molecule has 0 amide bonds. The first-order valence-corrected chi connectivity index (χ1v) is 7.40. The van der Waals surface area contributed by atoms with Crippen LogP contribution in [0, 0.1) is 6.92 Å². The van der Waals surface area contributed by atoms with Gasteiger partial charge in [-0.3, -0.25) is 4.68 Å². The van der Waals surface area contributed by atoms with Gasteiger partial charge >= 0.3 is 0 Å². The molecule has 0 bridgehead atoms. The number of aromatic nitrogens is 2. The largest absolute Gasteiger partial charge is 0.487 e. The van der Waals surface area contributed by atoms with Gasteiger partial charge in [-0.15, -0.1) is 0 Å². The predicted molar refractivity (Wildman–Crippen MR) is 83.9 cm³/mol. The van der Waals surface area contributed by atoms with Gasteiger partial charge in [-0.2, -0.15) is 5.10 Å². The van der Waals surface area contributed by atoms with Gasteiger partial charge in [0.05, 0.1) is 15.9 Å². The van der Waals surface area contributed by atoms with Crippen LogP contribution in [0.4, 0.5) is 0 Å². The van der Waals surface area contributed by atoms with E-state index >= 15 is 0 Å². The van der Waals surface area contributed by atoms with Crippen LogP contribution in [0.1, 0.15) is 29.9 Å². The van der Waals surface area contributed by atoms with Crippen LogP contribution >= 0.6 is 15.9 Å². The summed E-state index contributed by atoms with van der Waals surface area (Å²) in [6.45, 7) is 4.60. The molecule has 0 aliphatic heterocycles. The minimum Gasteiger partial charge on any atom is -0.487 e. The second-order valence-electron chi connectivity index (χ2n) is 4.84. The van der Waals surface area contributed by atoms with Crippen molar-refractivity contribution in [3.05, 3.63) is 45.7 Å². The first-order chi connectivity index (χ1) is 9.52. The summed E-state index contributed by atoms with van der Waals surface area (Å²) >= 11 is 3.54. The van der Waals surface area contributed by atoms with Crippen LogP contribution in [0.2, 0.25) is 0 Å². The van der Waals surface area contributed by atoms with Crippen LogP contribution in [0.3, 0.4) is 0 Å². The molecule has 1 aromatic heterocycles. The summed E-state index contributed by atoms with van der Waals surface area (Å²) in [5, 5.41) is 7.57. The van der Waals surface area contributed by atoms with Crippen molar-refractivity contribution in [1.29, 1.82) is 0 Å². The van der Waals surface area contributed by atoms with Crippen molar-refractivity contribution in [3.63, 3.8) is 0 Å². The molecule has 0 fully saturated rings. The maximum absolute atomic E-state index is 5.82. The van der Waals surface area contributed by atoms with Crippen molar-refractivity contribution < 1.29 is 4.74 Å². The predicted octanol–water partition coefficient (Wildman–Crippen LogP) is 3.35. The van der Waals surface area contributed by atoms with E-state index in [0.717, 1.165) is 21.6 Å². The Hall–Kier alpha value is -1.33. The highest BCUT2D eigenvalue weighted by atomic mass is 79.9. The Bertz CT molecular complexity index is 578. The first-order valence-electron chi connectivity index (χ1n) is 6.61. The van der Waals surface area contributed by atoms with Gasteiger partial charge in [0.15, 0.2) is 0 Å². The van der Waals surface area contributed by atoms with E-state index in [9.17, 15) is 0 Å². The standard InChI is InChI=1S/C15H20BrN3O/c1-10(17-3)12-5-7-13(8-6-12)20-9-14-15(16)11(2)18-19(14)4/h5-8,10,17H,9H2,1-4H3. The van der Waals surface area contributed by atoms with E-state index in [2.05, 4.69) is 45.4 Å². The highest BCUT2D eigenvalue weighted by Crippen LogP contribution is 2.23. The lowest BCUT2D eigenvalue weighted by atomic mass is 10.1. The lowest BCUT2D eigenvalue weighted by Crippen LogP contribution is -2.12. The summed E-state index contributed by atoms with van der Waals surface area (Å²) in [7, 11) is 3.88. The fraction of sp³-hybridized carbons (Fsp3) is 0.400. The van der Waals surface area contributed by atoms with E-state index in [1.54, 1.807) is 0 Å². The molecule has 0 spiro atoms. The topological polar surface area (TPSA) is 39.1 Å². The minimum absolute atomic E-state index is 0.345. The zero-order valence-electron chi connectivity index (χ0n) is 12.3. The molecule has 2 rings (SSSR count). The van der Waals surface area contributed by atoms with Gasteiger partial charge < -0.3 is 10.1 Å². The van der Waals surface area contributed by atoms with Crippen molar-refractivity contribution in [3.8, 4) is 5.75 Å². The third-order valence-electron chi connectivity index (χ3n) is 3.45. The van der Waals surface area contributed by atoms with E-state index in [1.165, 1.54) is 5.56 Å². The molecule has 0 radical (unpaired) electrons. The number of halogens is 1. The lowest BCUT2D eigenvalue weighted by molar-refractivity contribution is 0.294. The second kappa shape index (κ2) is 6.41.